The molecule has 0 aliphatic carbocycles. The Labute approximate surface area is 142 Å². The molecule has 0 saturated heterocycles. The average Bonchev–Trinajstić information content (AvgIpc) is 2.61. The van der Waals surface area contributed by atoms with Gasteiger partial charge in [-0.1, -0.05) is 30.3 Å². The van der Waals surface area contributed by atoms with Crippen LogP contribution in [-0.2, 0) is 6.18 Å². The van der Waals surface area contributed by atoms with Crippen LogP contribution in [0.2, 0.25) is 0 Å². The summed E-state index contributed by atoms with van der Waals surface area (Å²) in [6.45, 7) is 1.92. The van der Waals surface area contributed by atoms with Crippen LogP contribution in [0.1, 0.15) is 11.1 Å². The first-order valence-electron chi connectivity index (χ1n) is 7.76. The number of aryl methyl sites for hydroxylation is 1. The SMILES string of the molecule is Cc1ccc(-c2c(C(F)(F)F)ccc3cccnc23)c2ncccc12. The largest absolute Gasteiger partial charge is 0.417 e. The van der Waals surface area contributed by atoms with Crippen molar-refractivity contribution in [3.05, 3.63) is 72.1 Å². The van der Waals surface area contributed by atoms with Gasteiger partial charge in [-0.15, -0.1) is 0 Å². The Balaban J connectivity index is 2.19. The molecular weight excluding hydrogens is 325 g/mol. The lowest BCUT2D eigenvalue weighted by Gasteiger charge is -2.17. The van der Waals surface area contributed by atoms with Crippen molar-refractivity contribution in [2.75, 3.05) is 0 Å². The van der Waals surface area contributed by atoms with E-state index >= 15 is 0 Å². The normalized spacial score (nSPS) is 12.0. The Morgan fingerprint density at radius 1 is 0.800 bits per heavy atom. The van der Waals surface area contributed by atoms with Crippen LogP contribution in [0.4, 0.5) is 13.2 Å². The van der Waals surface area contributed by atoms with Crippen LogP contribution < -0.4 is 0 Å². The quantitative estimate of drug-likeness (QED) is 0.440. The van der Waals surface area contributed by atoms with Crippen molar-refractivity contribution in [1.29, 1.82) is 0 Å². The van der Waals surface area contributed by atoms with Gasteiger partial charge in [0.15, 0.2) is 0 Å². The smallest absolute Gasteiger partial charge is 0.256 e. The fourth-order valence-corrected chi connectivity index (χ4v) is 3.17. The van der Waals surface area contributed by atoms with E-state index in [1.54, 1.807) is 30.5 Å². The molecule has 0 bridgehead atoms. The van der Waals surface area contributed by atoms with E-state index in [1.807, 2.05) is 19.1 Å². The molecule has 0 unspecified atom stereocenters. The molecule has 4 rings (SSSR count). The second-order valence-electron chi connectivity index (χ2n) is 5.89. The van der Waals surface area contributed by atoms with Gasteiger partial charge < -0.3 is 0 Å². The first-order valence-corrected chi connectivity index (χ1v) is 7.76. The van der Waals surface area contributed by atoms with E-state index in [2.05, 4.69) is 9.97 Å². The maximum Gasteiger partial charge on any atom is 0.417 e. The number of hydrogen-bond donors (Lipinski definition) is 0. The van der Waals surface area contributed by atoms with Gasteiger partial charge in [-0.05, 0) is 30.7 Å². The number of alkyl halides is 3. The molecule has 4 aromatic rings. The number of hydrogen-bond acceptors (Lipinski definition) is 2. The minimum Gasteiger partial charge on any atom is -0.256 e. The van der Waals surface area contributed by atoms with E-state index in [0.29, 0.717) is 22.0 Å². The second-order valence-corrected chi connectivity index (χ2v) is 5.89. The van der Waals surface area contributed by atoms with Crippen LogP contribution in [0.15, 0.2) is 60.9 Å². The van der Waals surface area contributed by atoms with E-state index in [9.17, 15) is 13.2 Å². The Morgan fingerprint density at radius 2 is 1.52 bits per heavy atom. The van der Waals surface area contributed by atoms with Gasteiger partial charge in [0.05, 0.1) is 16.6 Å². The van der Waals surface area contributed by atoms with Crippen molar-refractivity contribution in [3.8, 4) is 11.1 Å². The highest BCUT2D eigenvalue weighted by molar-refractivity contribution is 6.04. The van der Waals surface area contributed by atoms with Gasteiger partial charge >= 0.3 is 6.18 Å². The number of halogens is 3. The highest BCUT2D eigenvalue weighted by Crippen LogP contribution is 2.42. The summed E-state index contributed by atoms with van der Waals surface area (Å²) in [6.07, 6.45) is -1.38. The number of rotatable bonds is 1. The predicted molar refractivity (Wildman–Crippen MR) is 92.2 cm³/mol. The molecule has 5 heteroatoms. The molecule has 0 aliphatic rings. The van der Waals surface area contributed by atoms with Gasteiger partial charge in [-0.25, -0.2) is 0 Å². The van der Waals surface area contributed by atoms with Gasteiger partial charge in [0.1, 0.15) is 0 Å². The Morgan fingerprint density at radius 3 is 2.28 bits per heavy atom. The second kappa shape index (κ2) is 5.55. The molecule has 0 spiro atoms. The summed E-state index contributed by atoms with van der Waals surface area (Å²) in [4.78, 5) is 8.59. The van der Waals surface area contributed by atoms with E-state index in [4.69, 9.17) is 0 Å². The monoisotopic (exact) mass is 338 g/mol. The Bertz CT molecular complexity index is 1100. The maximum atomic E-state index is 13.7. The van der Waals surface area contributed by atoms with E-state index in [-0.39, 0.29) is 5.56 Å². The molecule has 0 N–H and O–H groups in total. The lowest BCUT2D eigenvalue weighted by Crippen LogP contribution is -2.08. The van der Waals surface area contributed by atoms with Crippen molar-refractivity contribution in [3.63, 3.8) is 0 Å². The van der Waals surface area contributed by atoms with Crippen LogP contribution >= 0.6 is 0 Å². The van der Waals surface area contributed by atoms with Crippen molar-refractivity contribution >= 4 is 21.8 Å². The topological polar surface area (TPSA) is 25.8 Å². The van der Waals surface area contributed by atoms with Gasteiger partial charge in [0.2, 0.25) is 0 Å². The minimum atomic E-state index is -4.48. The predicted octanol–water partition coefficient (Wildman–Crippen LogP) is 5.78. The van der Waals surface area contributed by atoms with Gasteiger partial charge in [-0.2, -0.15) is 13.2 Å². The molecule has 124 valence electrons. The molecule has 2 aromatic carbocycles. The van der Waals surface area contributed by atoms with E-state index in [1.165, 1.54) is 12.3 Å². The first kappa shape index (κ1) is 15.6. The molecule has 0 radical (unpaired) electrons. The highest BCUT2D eigenvalue weighted by atomic mass is 19.4. The van der Waals surface area contributed by atoms with E-state index in [0.717, 1.165) is 17.0 Å². The van der Waals surface area contributed by atoms with E-state index < -0.39 is 11.7 Å². The standard InChI is InChI=1S/C20H13F3N2/c1-12-6-8-15(19-14(12)5-3-11-25-19)17-16(20(21,22)23)9-7-13-4-2-10-24-18(13)17/h2-11H,1H3. The summed E-state index contributed by atoms with van der Waals surface area (Å²) < 4.78 is 41.1. The van der Waals surface area contributed by atoms with Gasteiger partial charge in [-0.3, -0.25) is 9.97 Å². The van der Waals surface area contributed by atoms with Crippen molar-refractivity contribution < 1.29 is 13.2 Å². The summed E-state index contributed by atoms with van der Waals surface area (Å²) in [5, 5.41) is 1.50. The molecule has 2 aromatic heterocycles. The van der Waals surface area contributed by atoms with Crippen molar-refractivity contribution in [2.24, 2.45) is 0 Å². The third-order valence-electron chi connectivity index (χ3n) is 4.34. The Hall–Kier alpha value is -2.95. The number of fused-ring (bicyclic) bond motifs is 2. The fraction of sp³-hybridized carbons (Fsp3) is 0.100. The molecule has 0 amide bonds. The number of benzene rings is 2. The molecule has 2 nitrogen and oxygen atoms in total. The zero-order valence-corrected chi connectivity index (χ0v) is 13.3. The number of aromatic nitrogens is 2. The van der Waals surface area contributed by atoms with Crippen LogP contribution in [-0.4, -0.2) is 9.97 Å². The summed E-state index contributed by atoms with van der Waals surface area (Å²) in [7, 11) is 0. The average molecular weight is 338 g/mol. The summed E-state index contributed by atoms with van der Waals surface area (Å²) in [5.74, 6) is 0. The zero-order valence-electron chi connectivity index (χ0n) is 13.3. The molecule has 25 heavy (non-hydrogen) atoms. The summed E-state index contributed by atoms with van der Waals surface area (Å²) >= 11 is 0. The van der Waals surface area contributed by atoms with Gasteiger partial charge in [0.25, 0.3) is 0 Å². The lowest BCUT2D eigenvalue weighted by atomic mass is 9.93. The zero-order chi connectivity index (χ0) is 17.6. The Kier molecular flexibility index (Phi) is 3.46. The summed E-state index contributed by atoms with van der Waals surface area (Å²) in [6, 6.07) is 13.2. The molecule has 0 fully saturated rings. The third kappa shape index (κ3) is 2.52. The third-order valence-corrected chi connectivity index (χ3v) is 4.34. The lowest BCUT2D eigenvalue weighted by molar-refractivity contribution is -0.137. The highest BCUT2D eigenvalue weighted by Gasteiger charge is 2.35. The fourth-order valence-electron chi connectivity index (χ4n) is 3.17. The van der Waals surface area contributed by atoms with Crippen LogP contribution in [0.5, 0.6) is 0 Å². The summed E-state index contributed by atoms with van der Waals surface area (Å²) in [5.41, 5.74) is 1.66. The van der Waals surface area contributed by atoms with Crippen LogP contribution in [0.25, 0.3) is 32.9 Å². The molecule has 0 atom stereocenters. The van der Waals surface area contributed by atoms with Crippen molar-refractivity contribution in [2.45, 2.75) is 13.1 Å². The first-order chi connectivity index (χ1) is 12.0. The van der Waals surface area contributed by atoms with Crippen molar-refractivity contribution in [1.82, 2.24) is 9.97 Å². The molecule has 0 aliphatic heterocycles. The van der Waals surface area contributed by atoms with Crippen LogP contribution in [0.3, 0.4) is 0 Å². The van der Waals surface area contributed by atoms with Crippen LogP contribution in [0, 0.1) is 6.92 Å². The maximum absolute atomic E-state index is 13.7. The van der Waals surface area contributed by atoms with Gasteiger partial charge in [0, 0.05) is 34.3 Å². The number of nitrogens with zero attached hydrogens (tertiary/aromatic N) is 2. The molecular formula is C20H13F3N2. The molecule has 2 heterocycles. The number of pyridine rings is 2. The minimum absolute atomic E-state index is 0.0781. The molecule has 0 saturated carbocycles.